The van der Waals surface area contributed by atoms with Crippen LogP contribution in [0.5, 0.6) is 17.2 Å². The lowest BCUT2D eigenvalue weighted by atomic mass is 9.72. The van der Waals surface area contributed by atoms with Crippen LogP contribution in [-0.4, -0.2) is 96.7 Å². The zero-order chi connectivity index (χ0) is 35.2. The molecule has 6 atom stereocenters. The fourth-order valence-electron chi connectivity index (χ4n) is 6.14. The van der Waals surface area contributed by atoms with Crippen molar-refractivity contribution in [2.24, 2.45) is 5.73 Å². The molecule has 2 heterocycles. The molecule has 2 aliphatic carbocycles. The molecule has 0 bridgehead atoms. The minimum Gasteiger partial charge on any atom is -0.507 e. The number of ketones is 3. The molecular weight excluding hydrogens is 641 g/mol. The fraction of sp³-hybridized carbons (Fsp3) is 0.387. The van der Waals surface area contributed by atoms with E-state index in [9.17, 15) is 53.9 Å². The summed E-state index contributed by atoms with van der Waals surface area (Å²) in [5, 5.41) is 53.7. The van der Waals surface area contributed by atoms with E-state index in [0.717, 1.165) is 0 Å². The van der Waals surface area contributed by atoms with Gasteiger partial charge in [-0.25, -0.2) is 4.79 Å². The van der Waals surface area contributed by atoms with Gasteiger partial charge in [-0.1, -0.05) is 12.1 Å². The second-order valence-corrected chi connectivity index (χ2v) is 11.6. The Morgan fingerprint density at radius 1 is 1.12 bits per heavy atom. The summed E-state index contributed by atoms with van der Waals surface area (Å²) in [7, 11) is 1.32. The standard InChI is InChI=1S/C27H29NO11.C4H3FN2O2/c1-10-22(31)13(28)6-17(38-10)39-15-8-27(36,16(30)9-29)7-12-19(15)26(35)21-20(24(12)33)23(32)11-4-3-5-14(37-2)18(11)25(21)34;5-2-1-6-4(9)7-3(2)8/h3-5,10,13,15,17,22,29,31,33,35-36H,6-9,28H2,1-2H3;1H,(H2,6,7,8,9)/t10-,13-,15-,17-,22-,27-;/m0./s1. The van der Waals surface area contributed by atoms with Gasteiger partial charge in [0.1, 0.15) is 29.5 Å². The van der Waals surface area contributed by atoms with Crippen LogP contribution in [-0.2, 0) is 20.7 Å². The number of carbonyl (C=O) groups excluding carboxylic acids is 3. The first-order valence-corrected chi connectivity index (χ1v) is 14.6. The maximum atomic E-state index is 13.6. The van der Waals surface area contributed by atoms with E-state index in [4.69, 9.17) is 19.9 Å². The van der Waals surface area contributed by atoms with Gasteiger partial charge in [-0.2, -0.15) is 4.39 Å². The van der Waals surface area contributed by atoms with Crippen LogP contribution < -0.4 is 21.7 Å². The predicted molar refractivity (Wildman–Crippen MR) is 159 cm³/mol. The molecule has 1 fully saturated rings. The molecule has 0 saturated carbocycles. The van der Waals surface area contributed by atoms with Gasteiger partial charge >= 0.3 is 5.69 Å². The average molecular weight is 674 g/mol. The molecule has 1 aromatic heterocycles. The molecule has 2 aromatic carbocycles. The molecule has 0 unspecified atom stereocenters. The van der Waals surface area contributed by atoms with Crippen molar-refractivity contribution < 1.29 is 58.5 Å². The van der Waals surface area contributed by atoms with E-state index < -0.39 is 113 Å². The number of aromatic hydroxyl groups is 2. The number of halogens is 1. The first-order valence-electron chi connectivity index (χ1n) is 14.6. The number of nitrogens with two attached hydrogens (primary N) is 1. The molecule has 1 aliphatic heterocycles. The second-order valence-electron chi connectivity index (χ2n) is 11.6. The Kier molecular flexibility index (Phi) is 9.37. The van der Waals surface area contributed by atoms with Gasteiger partial charge in [0.05, 0.1) is 42.1 Å². The first kappa shape index (κ1) is 34.6. The van der Waals surface area contributed by atoms with Crippen molar-refractivity contribution in [3.05, 3.63) is 84.4 Å². The Morgan fingerprint density at radius 3 is 2.42 bits per heavy atom. The highest BCUT2D eigenvalue weighted by molar-refractivity contribution is 6.31. The van der Waals surface area contributed by atoms with Crippen LogP contribution in [0.4, 0.5) is 4.39 Å². The lowest BCUT2D eigenvalue weighted by Crippen LogP contribution is -2.53. The van der Waals surface area contributed by atoms with E-state index in [2.05, 4.69) is 0 Å². The summed E-state index contributed by atoms with van der Waals surface area (Å²) in [5.74, 6) is -4.77. The molecule has 0 spiro atoms. The number of hydrogen-bond acceptors (Lipinski definition) is 14. The Labute approximate surface area is 269 Å². The molecule has 256 valence electrons. The quantitative estimate of drug-likeness (QED) is 0.121. The van der Waals surface area contributed by atoms with E-state index in [-0.39, 0.29) is 34.4 Å². The summed E-state index contributed by atoms with van der Waals surface area (Å²) >= 11 is 0. The van der Waals surface area contributed by atoms with Crippen LogP contribution in [0.25, 0.3) is 0 Å². The SMILES string of the molecule is COc1cccc2c1C(=O)c1c(O)c3c(c(O)c1C2=O)C[C@@](O)(C(=O)CO)C[C@@H]3O[C@H]1C[C@H](N)[C@@H](O)[C@H](C)O1.O=c1[nH]cc(F)c(=O)[nH]1. The number of carbonyl (C=O) groups is 3. The van der Waals surface area contributed by atoms with Gasteiger partial charge in [-0.05, 0) is 13.0 Å². The minimum atomic E-state index is -2.24. The van der Waals surface area contributed by atoms with Gasteiger partial charge in [0, 0.05) is 48.2 Å². The number of rotatable bonds is 5. The summed E-state index contributed by atoms with van der Waals surface area (Å²) in [6.07, 6.45) is -4.41. The number of hydrogen-bond donors (Lipinski definition) is 8. The number of aromatic amines is 2. The second kappa shape index (κ2) is 13.0. The molecule has 1 saturated heterocycles. The van der Waals surface area contributed by atoms with Gasteiger partial charge in [-0.3, -0.25) is 24.2 Å². The molecular formula is C31H32FN3O13. The molecule has 6 rings (SSSR count). The predicted octanol–water partition coefficient (Wildman–Crippen LogP) is -0.796. The number of nitrogens with one attached hydrogen (secondary N) is 2. The highest BCUT2D eigenvalue weighted by atomic mass is 19.1. The van der Waals surface area contributed by atoms with Crippen molar-refractivity contribution in [1.82, 2.24) is 9.97 Å². The molecule has 17 heteroatoms. The topological polar surface area (TPSA) is 272 Å². The van der Waals surface area contributed by atoms with Crippen LogP contribution in [0.15, 0.2) is 34.0 Å². The minimum absolute atomic E-state index is 0.0173. The van der Waals surface area contributed by atoms with Gasteiger partial charge in [0.2, 0.25) is 11.6 Å². The Hall–Kier alpha value is -4.78. The molecule has 3 aliphatic rings. The van der Waals surface area contributed by atoms with Crippen molar-refractivity contribution >= 4 is 17.3 Å². The van der Waals surface area contributed by atoms with Crippen LogP contribution in [0.3, 0.4) is 0 Å². The number of aliphatic hydroxyl groups excluding tert-OH is 2. The van der Waals surface area contributed by atoms with E-state index >= 15 is 0 Å². The van der Waals surface area contributed by atoms with Crippen LogP contribution in [0.1, 0.15) is 68.8 Å². The molecule has 3 aromatic rings. The normalized spacial score (nSPS) is 26.0. The maximum absolute atomic E-state index is 13.6. The zero-order valence-corrected chi connectivity index (χ0v) is 25.5. The van der Waals surface area contributed by atoms with Crippen molar-refractivity contribution in [2.75, 3.05) is 13.7 Å². The number of aliphatic hydroxyl groups is 3. The van der Waals surface area contributed by atoms with Crippen LogP contribution in [0.2, 0.25) is 0 Å². The summed E-state index contributed by atoms with van der Waals surface area (Å²) < 4.78 is 29.0. The van der Waals surface area contributed by atoms with Crippen molar-refractivity contribution in [1.29, 1.82) is 0 Å². The number of benzene rings is 2. The van der Waals surface area contributed by atoms with Gasteiger partial charge in [0.15, 0.2) is 17.9 Å². The molecule has 16 nitrogen and oxygen atoms in total. The first-order chi connectivity index (χ1) is 22.6. The number of Topliss-reactive ketones (excluding diaryl/α,β-unsaturated/α-hetero) is 1. The Bertz CT molecular complexity index is 1910. The van der Waals surface area contributed by atoms with Gasteiger partial charge in [0.25, 0.3) is 5.56 Å². The van der Waals surface area contributed by atoms with Crippen LogP contribution >= 0.6 is 0 Å². The summed E-state index contributed by atoms with van der Waals surface area (Å²) in [5.41, 5.74) is 0.666. The average Bonchev–Trinajstić information content (AvgIpc) is 3.05. The highest BCUT2D eigenvalue weighted by Crippen LogP contribution is 2.52. The molecule has 0 amide bonds. The number of H-pyrrole nitrogens is 2. The van der Waals surface area contributed by atoms with Gasteiger partial charge < -0.3 is 50.5 Å². The third kappa shape index (κ3) is 5.91. The molecule has 48 heavy (non-hydrogen) atoms. The number of phenols is 2. The Morgan fingerprint density at radius 2 is 1.81 bits per heavy atom. The third-order valence-corrected chi connectivity index (χ3v) is 8.58. The maximum Gasteiger partial charge on any atom is 0.325 e. The summed E-state index contributed by atoms with van der Waals surface area (Å²) in [6, 6.07) is 3.64. The number of ether oxygens (including phenoxy) is 3. The third-order valence-electron chi connectivity index (χ3n) is 8.58. The highest BCUT2D eigenvalue weighted by Gasteiger charge is 2.50. The lowest BCUT2D eigenvalue weighted by molar-refractivity contribution is -0.247. The number of aromatic nitrogens is 2. The molecule has 0 radical (unpaired) electrons. The molecule has 9 N–H and O–H groups in total. The van der Waals surface area contributed by atoms with E-state index in [1.807, 2.05) is 4.98 Å². The summed E-state index contributed by atoms with van der Waals surface area (Å²) in [6.45, 7) is 0.560. The smallest absolute Gasteiger partial charge is 0.325 e. The zero-order valence-electron chi connectivity index (χ0n) is 25.5. The fourth-order valence-corrected chi connectivity index (χ4v) is 6.14. The van der Waals surface area contributed by atoms with Gasteiger partial charge in [-0.15, -0.1) is 0 Å². The van der Waals surface area contributed by atoms with E-state index in [0.29, 0.717) is 6.20 Å². The number of methoxy groups -OCH3 is 1. The number of phenolic OH excluding ortho intramolecular Hbond substituents is 2. The van der Waals surface area contributed by atoms with E-state index in [1.54, 1.807) is 11.9 Å². The van der Waals surface area contributed by atoms with E-state index in [1.165, 1.54) is 25.3 Å². The lowest BCUT2D eigenvalue weighted by Gasteiger charge is -2.42. The van der Waals surface area contributed by atoms with Crippen molar-refractivity contribution in [3.8, 4) is 17.2 Å². The number of fused-ring (bicyclic) bond motifs is 3. The van der Waals surface area contributed by atoms with Crippen LogP contribution in [0, 0.1) is 5.82 Å². The van der Waals surface area contributed by atoms with Crippen molar-refractivity contribution in [2.45, 2.75) is 62.4 Å². The summed E-state index contributed by atoms with van der Waals surface area (Å²) in [4.78, 5) is 63.7. The Balaban J connectivity index is 0.000000434. The van der Waals surface area contributed by atoms with Crippen molar-refractivity contribution in [3.63, 3.8) is 0 Å². The largest absolute Gasteiger partial charge is 0.507 e. The monoisotopic (exact) mass is 673 g/mol.